The van der Waals surface area contributed by atoms with E-state index >= 15 is 0 Å². The van der Waals surface area contributed by atoms with Crippen molar-refractivity contribution in [2.24, 2.45) is 21.7 Å². The van der Waals surface area contributed by atoms with Crippen molar-refractivity contribution < 1.29 is 89.0 Å². The van der Waals surface area contributed by atoms with Crippen molar-refractivity contribution in [1.29, 1.82) is 0 Å². The average molecular weight is 1030 g/mol. The summed E-state index contributed by atoms with van der Waals surface area (Å²) in [7, 11) is 0. The third-order valence-electron chi connectivity index (χ3n) is 11.6. The summed E-state index contributed by atoms with van der Waals surface area (Å²) < 4.78 is 20.5. The van der Waals surface area contributed by atoms with Gasteiger partial charge in [-0.05, 0) is 0 Å². The van der Waals surface area contributed by atoms with Crippen LogP contribution in [0.2, 0.25) is 0 Å². The normalized spacial score (nSPS) is 11.9. The minimum absolute atomic E-state index is 0.0785. The van der Waals surface area contributed by atoms with Crippen LogP contribution in [0.15, 0.2) is 0 Å². The first-order valence-corrected chi connectivity index (χ1v) is 25.8. The van der Waals surface area contributed by atoms with E-state index in [9.17, 15) is 76.7 Å². The van der Waals surface area contributed by atoms with Crippen LogP contribution in [0.1, 0.15) is 160 Å². The molecule has 65 heavy (non-hydrogen) atoms. The van der Waals surface area contributed by atoms with E-state index in [1.54, 1.807) is 27.7 Å². The number of carbonyl (C=O) groups excluding carboxylic acids is 16. The van der Waals surface area contributed by atoms with Gasteiger partial charge in [-0.15, -0.1) is 0 Å². The van der Waals surface area contributed by atoms with Crippen molar-refractivity contribution in [3.63, 3.8) is 0 Å². The maximum absolute atomic E-state index is 14.1. The van der Waals surface area contributed by atoms with Gasteiger partial charge in [-0.1, -0.05) is 0 Å². The first kappa shape index (κ1) is 59.7. The zero-order valence-electron chi connectivity index (χ0n) is 39.2. The van der Waals surface area contributed by atoms with E-state index in [-0.39, 0.29) is 51.4 Å². The second-order valence-corrected chi connectivity index (χ2v) is 21.0. The summed E-state index contributed by atoms with van der Waals surface area (Å²) in [5.41, 5.74) is -11.6. The van der Waals surface area contributed by atoms with Crippen molar-refractivity contribution >= 4 is 113 Å². The standard InChI is InChI=1S/4C11H16O5.Sn/c4*1-4-5-6-11(7(2)12,8(3)13)9(14)10(15)16;/h4*4-6H2,1-3H3,(H,15,16);/q;;;;+4/p-4. The van der Waals surface area contributed by atoms with Gasteiger partial charge < -0.3 is 0 Å². The van der Waals surface area contributed by atoms with Crippen LogP contribution in [-0.2, 0) is 89.0 Å². The monoisotopic (exact) mass is 1030 g/mol. The molecule has 0 radical (unpaired) electrons. The molecule has 0 saturated carbocycles. The van der Waals surface area contributed by atoms with Gasteiger partial charge >= 0.3 is 384 Å². The Balaban J connectivity index is 8.90. The fraction of sp³-hybridized carbons (Fsp3) is 0.636. The Morgan fingerprint density at radius 3 is 0.538 bits per heavy atom. The Hall–Kier alpha value is -5.28. The van der Waals surface area contributed by atoms with E-state index in [4.69, 9.17) is 12.3 Å². The molecule has 0 saturated heterocycles. The van der Waals surface area contributed by atoms with E-state index in [0.29, 0.717) is 0 Å². The molecule has 21 heteroatoms. The molecule has 0 heterocycles. The molecule has 0 amide bonds. The quantitative estimate of drug-likeness (QED) is 0.0530. The topological polar surface area (TPSA) is 310 Å². The summed E-state index contributed by atoms with van der Waals surface area (Å²) in [6, 6.07) is 0. The van der Waals surface area contributed by atoms with Crippen LogP contribution in [0.3, 0.4) is 0 Å². The van der Waals surface area contributed by atoms with Crippen LogP contribution in [-0.4, -0.2) is 113 Å². The van der Waals surface area contributed by atoms with Crippen molar-refractivity contribution in [3.05, 3.63) is 0 Å². The Morgan fingerprint density at radius 2 is 0.431 bits per heavy atom. The summed E-state index contributed by atoms with van der Waals surface area (Å²) in [5.74, 6) is -28.1. The molecule has 0 bridgehead atoms. The molecule has 0 aromatic carbocycles. The van der Waals surface area contributed by atoms with Crippen LogP contribution in [0, 0.1) is 21.7 Å². The number of hydrogen-bond donors (Lipinski definition) is 0. The van der Waals surface area contributed by atoms with Crippen LogP contribution >= 0.6 is 0 Å². The molecular formula is C44H60O20Sn. The summed E-state index contributed by atoms with van der Waals surface area (Å²) >= 11 is -8.36. The van der Waals surface area contributed by atoms with Crippen molar-refractivity contribution in [2.75, 3.05) is 0 Å². The summed E-state index contributed by atoms with van der Waals surface area (Å²) in [6.07, 6.45) is -2.08. The molecule has 0 aliphatic carbocycles. The first-order valence-electron chi connectivity index (χ1n) is 21.1. The van der Waals surface area contributed by atoms with Gasteiger partial charge in [-0.25, -0.2) is 0 Å². The molecule has 0 spiro atoms. The van der Waals surface area contributed by atoms with Gasteiger partial charge in [-0.3, -0.25) is 0 Å². The Morgan fingerprint density at radius 1 is 0.292 bits per heavy atom. The number of rotatable bonds is 32. The van der Waals surface area contributed by atoms with Crippen LogP contribution in [0.25, 0.3) is 0 Å². The number of Topliss-reactive ketones (excluding diaryl/α,β-unsaturated/α-hetero) is 12. The molecule has 0 aromatic heterocycles. The van der Waals surface area contributed by atoms with Gasteiger partial charge in [0.2, 0.25) is 0 Å². The number of ketones is 12. The van der Waals surface area contributed by atoms with Gasteiger partial charge in [0.25, 0.3) is 0 Å². The second-order valence-electron chi connectivity index (χ2n) is 15.9. The SMILES string of the molecule is CCCCC(C(C)=O)(C(C)=O)C(=O)C(=O)[O][Sn]([O]C(=O)C(=O)C(CCCC)(C(C)=O)C(C)=O)([O]C(=O)C(=O)C(CCCC)(C(C)=O)C(C)=O)[O]C(=O)C(=O)C(CCCC)(C(C)=O)C(C)=O. The number of unbranched alkanes of at least 4 members (excludes halogenated alkanes) is 4. The van der Waals surface area contributed by atoms with E-state index in [1.807, 2.05) is 0 Å². The second kappa shape index (κ2) is 24.9. The van der Waals surface area contributed by atoms with Gasteiger partial charge in [-0.2, -0.15) is 0 Å². The predicted molar refractivity (Wildman–Crippen MR) is 223 cm³/mol. The molecule has 0 atom stereocenters. The molecule has 0 N–H and O–H groups in total. The Labute approximate surface area is 382 Å². The van der Waals surface area contributed by atoms with Gasteiger partial charge in [0.15, 0.2) is 0 Å². The summed E-state index contributed by atoms with van der Waals surface area (Å²) in [5, 5.41) is 0. The molecule has 0 fully saturated rings. The number of carbonyl (C=O) groups is 16. The Kier molecular flexibility index (Phi) is 22.8. The van der Waals surface area contributed by atoms with Crippen molar-refractivity contribution in [1.82, 2.24) is 0 Å². The zero-order valence-corrected chi connectivity index (χ0v) is 42.0. The molecule has 0 aliphatic rings. The van der Waals surface area contributed by atoms with Crippen molar-refractivity contribution in [2.45, 2.75) is 160 Å². The van der Waals surface area contributed by atoms with Crippen molar-refractivity contribution in [3.8, 4) is 0 Å². The summed E-state index contributed by atoms with van der Waals surface area (Å²) in [4.78, 5) is 217. The average Bonchev–Trinajstić information content (AvgIpc) is 3.20. The molecule has 0 rings (SSSR count). The van der Waals surface area contributed by atoms with E-state index in [1.165, 1.54) is 0 Å². The van der Waals surface area contributed by atoms with E-state index < -0.39 is 161 Å². The molecular weight excluding hydrogens is 967 g/mol. The third-order valence-corrected chi connectivity index (χ3v) is 16.6. The molecule has 20 nitrogen and oxygen atoms in total. The number of hydrogen-bond acceptors (Lipinski definition) is 20. The Bertz CT molecular complexity index is 1680. The third kappa shape index (κ3) is 12.5. The van der Waals surface area contributed by atoms with Gasteiger partial charge in [0.1, 0.15) is 0 Å². The molecule has 0 aromatic rings. The summed E-state index contributed by atoms with van der Waals surface area (Å²) in [6.45, 7) is 12.2. The zero-order chi connectivity index (χ0) is 51.1. The minimum atomic E-state index is -8.36. The maximum atomic E-state index is 14.1. The van der Waals surface area contributed by atoms with E-state index in [2.05, 4.69) is 0 Å². The molecule has 0 aliphatic heterocycles. The predicted octanol–water partition coefficient (Wildman–Crippen LogP) is 3.29. The molecule has 0 unspecified atom stereocenters. The van der Waals surface area contributed by atoms with Gasteiger partial charge in [0.05, 0.1) is 0 Å². The van der Waals surface area contributed by atoms with E-state index in [0.717, 1.165) is 55.4 Å². The first-order chi connectivity index (χ1) is 29.9. The van der Waals surface area contributed by atoms with Crippen LogP contribution in [0.4, 0.5) is 0 Å². The fourth-order valence-electron chi connectivity index (χ4n) is 7.36. The van der Waals surface area contributed by atoms with Gasteiger partial charge in [0, 0.05) is 0 Å². The molecule has 360 valence electrons. The van der Waals surface area contributed by atoms with Crippen LogP contribution < -0.4 is 0 Å². The fourth-order valence-corrected chi connectivity index (χ4v) is 11.7. The van der Waals surface area contributed by atoms with Crippen LogP contribution in [0.5, 0.6) is 0 Å².